The van der Waals surface area contributed by atoms with Gasteiger partial charge in [0.15, 0.2) is 0 Å². The molecule has 1 fully saturated rings. The number of carbonyl (C=O) groups excluding carboxylic acids is 2. The fourth-order valence-corrected chi connectivity index (χ4v) is 1.91. The summed E-state index contributed by atoms with van der Waals surface area (Å²) in [6.45, 7) is 2.52. The number of likely N-dealkylation sites (tertiary alicyclic amines) is 1. The molecule has 1 saturated heterocycles. The average molecular weight is 237 g/mol. The lowest BCUT2D eigenvalue weighted by Gasteiger charge is -2.38. The molecule has 92 valence electrons. The third-order valence-corrected chi connectivity index (χ3v) is 2.80. The first-order valence-electron chi connectivity index (χ1n) is 5.71. The molecule has 0 aliphatic carbocycles. The number of hydrogen-bond acceptors (Lipinski definition) is 4. The third-order valence-electron chi connectivity index (χ3n) is 2.80. The van der Waals surface area contributed by atoms with Gasteiger partial charge in [-0.2, -0.15) is 0 Å². The molecule has 0 aromatic carbocycles. The maximum absolute atomic E-state index is 11.4. The van der Waals surface area contributed by atoms with Gasteiger partial charge in [-0.05, 0) is 19.1 Å². The zero-order chi connectivity index (χ0) is 12.3. The molecule has 5 nitrogen and oxygen atoms in total. The summed E-state index contributed by atoms with van der Waals surface area (Å²) in [6, 6.07) is 3.61. The van der Waals surface area contributed by atoms with Crippen LogP contribution in [-0.4, -0.2) is 29.9 Å². The molecule has 5 heteroatoms. The molecule has 1 aromatic heterocycles. The molecule has 1 aliphatic heterocycles. The topological polar surface area (TPSA) is 59.8 Å². The Balaban J connectivity index is 1.87. The number of nitrogens with zero attached hydrogens (tertiary/aromatic N) is 1. The van der Waals surface area contributed by atoms with E-state index >= 15 is 0 Å². The van der Waals surface area contributed by atoms with Crippen molar-refractivity contribution in [3.8, 4) is 0 Å². The molecular formula is C12H15NO4. The van der Waals surface area contributed by atoms with Crippen LogP contribution in [0.5, 0.6) is 0 Å². The van der Waals surface area contributed by atoms with E-state index in [1.54, 1.807) is 24.2 Å². The Labute approximate surface area is 99.3 Å². The lowest BCUT2D eigenvalue weighted by atomic mass is 9.99. The van der Waals surface area contributed by atoms with Crippen LogP contribution in [0, 0.1) is 0 Å². The number of carbonyl (C=O) groups is 2. The van der Waals surface area contributed by atoms with E-state index in [1.807, 2.05) is 6.07 Å². The van der Waals surface area contributed by atoms with E-state index in [0.29, 0.717) is 19.6 Å². The minimum Gasteiger partial charge on any atom is -0.467 e. The predicted octanol–water partition coefficient (Wildman–Crippen LogP) is 1.51. The van der Waals surface area contributed by atoms with Crippen molar-refractivity contribution in [1.82, 2.24) is 4.90 Å². The number of esters is 1. The van der Waals surface area contributed by atoms with E-state index in [1.165, 1.54) is 0 Å². The van der Waals surface area contributed by atoms with Gasteiger partial charge in [0.25, 0.3) is 0 Å². The molecule has 1 atom stereocenters. The van der Waals surface area contributed by atoms with Crippen molar-refractivity contribution < 1.29 is 18.7 Å². The zero-order valence-electron chi connectivity index (χ0n) is 9.72. The van der Waals surface area contributed by atoms with Crippen LogP contribution in [-0.2, 0) is 14.3 Å². The third kappa shape index (κ3) is 2.49. The van der Waals surface area contributed by atoms with Gasteiger partial charge in [-0.15, -0.1) is 0 Å². The molecule has 1 aromatic rings. The van der Waals surface area contributed by atoms with Crippen molar-refractivity contribution >= 4 is 11.9 Å². The zero-order valence-corrected chi connectivity index (χ0v) is 9.72. The summed E-state index contributed by atoms with van der Waals surface area (Å²) in [7, 11) is 0. The van der Waals surface area contributed by atoms with Crippen LogP contribution in [0.4, 0.5) is 0 Å². The minimum absolute atomic E-state index is 0.0214. The van der Waals surface area contributed by atoms with E-state index in [9.17, 15) is 9.59 Å². The van der Waals surface area contributed by atoms with E-state index in [4.69, 9.17) is 9.15 Å². The van der Waals surface area contributed by atoms with Gasteiger partial charge in [-0.1, -0.05) is 0 Å². The fraction of sp³-hybridized carbons (Fsp3) is 0.500. The van der Waals surface area contributed by atoms with Gasteiger partial charge in [-0.25, -0.2) is 0 Å². The van der Waals surface area contributed by atoms with Crippen LogP contribution in [0.1, 0.15) is 31.6 Å². The summed E-state index contributed by atoms with van der Waals surface area (Å²) in [6.07, 6.45) is 2.27. The average Bonchev–Trinajstić information content (AvgIpc) is 2.79. The molecule has 1 aliphatic rings. The second-order valence-electron chi connectivity index (χ2n) is 3.88. The fourth-order valence-electron chi connectivity index (χ4n) is 1.91. The minimum atomic E-state index is -0.273. The van der Waals surface area contributed by atoms with Gasteiger partial charge in [0.05, 0.1) is 31.8 Å². The van der Waals surface area contributed by atoms with E-state index < -0.39 is 0 Å². The highest BCUT2D eigenvalue weighted by Gasteiger charge is 2.38. The summed E-state index contributed by atoms with van der Waals surface area (Å²) in [5, 5.41) is 0. The van der Waals surface area contributed by atoms with Crippen LogP contribution in [0.25, 0.3) is 0 Å². The molecule has 17 heavy (non-hydrogen) atoms. The maximum atomic E-state index is 11.4. The molecule has 0 spiro atoms. The van der Waals surface area contributed by atoms with Crippen LogP contribution >= 0.6 is 0 Å². The van der Waals surface area contributed by atoms with Crippen LogP contribution < -0.4 is 0 Å². The Morgan fingerprint density at radius 1 is 1.65 bits per heavy atom. The van der Waals surface area contributed by atoms with E-state index in [2.05, 4.69) is 0 Å². The predicted molar refractivity (Wildman–Crippen MR) is 59.0 cm³/mol. The number of rotatable bonds is 5. The Morgan fingerprint density at radius 2 is 2.47 bits per heavy atom. The quantitative estimate of drug-likeness (QED) is 0.575. The number of hydrogen-bond donors (Lipinski definition) is 0. The molecule has 2 heterocycles. The smallest absolute Gasteiger partial charge is 0.307 e. The molecule has 0 N–H and O–H groups in total. The summed E-state index contributed by atoms with van der Waals surface area (Å²) < 4.78 is 10.1. The van der Waals surface area contributed by atoms with Crippen molar-refractivity contribution in [3.63, 3.8) is 0 Å². The Bertz CT molecular complexity index is 399. The van der Waals surface area contributed by atoms with Crippen LogP contribution in [0.2, 0.25) is 0 Å². The SMILES string of the molecule is CCOC(=O)CCN1C(=O)CC1c1ccco1. The monoisotopic (exact) mass is 237 g/mol. The first kappa shape index (κ1) is 11.7. The Hall–Kier alpha value is -1.78. The first-order valence-corrected chi connectivity index (χ1v) is 5.71. The summed E-state index contributed by atoms with van der Waals surface area (Å²) >= 11 is 0. The van der Waals surface area contributed by atoms with Crippen molar-refractivity contribution in [2.75, 3.05) is 13.2 Å². The van der Waals surface area contributed by atoms with Crippen molar-refractivity contribution in [3.05, 3.63) is 24.2 Å². The Kier molecular flexibility index (Phi) is 3.46. The number of furan rings is 1. The van der Waals surface area contributed by atoms with Crippen molar-refractivity contribution in [2.45, 2.75) is 25.8 Å². The number of amides is 1. The number of ether oxygens (including phenoxy) is 1. The normalized spacial score (nSPS) is 19.0. The maximum Gasteiger partial charge on any atom is 0.307 e. The van der Waals surface area contributed by atoms with Gasteiger partial charge >= 0.3 is 5.97 Å². The van der Waals surface area contributed by atoms with Gasteiger partial charge in [0.1, 0.15) is 5.76 Å². The van der Waals surface area contributed by atoms with Crippen molar-refractivity contribution in [2.24, 2.45) is 0 Å². The lowest BCUT2D eigenvalue weighted by molar-refractivity contribution is -0.150. The molecule has 1 amide bonds. The highest BCUT2D eigenvalue weighted by Crippen LogP contribution is 2.34. The standard InChI is InChI=1S/C12H15NO4/c1-2-16-12(15)5-6-13-9(8-11(13)14)10-4-3-7-17-10/h3-4,7,9H,2,5-6,8H2,1H3. The van der Waals surface area contributed by atoms with Gasteiger partial charge in [0.2, 0.25) is 5.91 Å². The molecule has 0 radical (unpaired) electrons. The molecule has 1 unspecified atom stereocenters. The molecular weight excluding hydrogens is 222 g/mol. The summed E-state index contributed by atoms with van der Waals surface area (Å²) in [5.41, 5.74) is 0. The highest BCUT2D eigenvalue weighted by molar-refractivity contribution is 5.84. The van der Waals surface area contributed by atoms with Crippen LogP contribution in [0.3, 0.4) is 0 Å². The second-order valence-corrected chi connectivity index (χ2v) is 3.88. The Morgan fingerprint density at radius 3 is 3.06 bits per heavy atom. The van der Waals surface area contributed by atoms with Crippen molar-refractivity contribution in [1.29, 1.82) is 0 Å². The number of β-lactam (4-membered cyclic amide) rings is 1. The van der Waals surface area contributed by atoms with Gasteiger partial charge < -0.3 is 14.1 Å². The molecule has 0 saturated carbocycles. The summed E-state index contributed by atoms with van der Waals surface area (Å²) in [5.74, 6) is 0.551. The lowest BCUT2D eigenvalue weighted by Crippen LogP contribution is -2.47. The highest BCUT2D eigenvalue weighted by atomic mass is 16.5. The van der Waals surface area contributed by atoms with Crippen LogP contribution in [0.15, 0.2) is 22.8 Å². The van der Waals surface area contributed by atoms with Gasteiger partial charge in [-0.3, -0.25) is 9.59 Å². The summed E-state index contributed by atoms with van der Waals surface area (Å²) in [4.78, 5) is 24.3. The largest absolute Gasteiger partial charge is 0.467 e. The first-order chi connectivity index (χ1) is 8.22. The van der Waals surface area contributed by atoms with E-state index in [0.717, 1.165) is 5.76 Å². The molecule has 0 bridgehead atoms. The second kappa shape index (κ2) is 5.03. The van der Waals surface area contributed by atoms with E-state index in [-0.39, 0.29) is 24.3 Å². The van der Waals surface area contributed by atoms with Gasteiger partial charge in [0, 0.05) is 6.54 Å². The molecule has 2 rings (SSSR count).